The summed E-state index contributed by atoms with van der Waals surface area (Å²) in [6, 6.07) is 18.2. The lowest BCUT2D eigenvalue weighted by molar-refractivity contribution is -0.117. The molecule has 0 fully saturated rings. The average Bonchev–Trinajstić information content (AvgIpc) is 3.00. The summed E-state index contributed by atoms with van der Waals surface area (Å²) in [5.41, 5.74) is 3.57. The fourth-order valence-corrected chi connectivity index (χ4v) is 3.28. The van der Waals surface area contributed by atoms with Gasteiger partial charge in [-0.25, -0.2) is 0 Å². The van der Waals surface area contributed by atoms with Gasteiger partial charge in [-0.15, -0.1) is 0 Å². The molecule has 0 saturated carbocycles. The van der Waals surface area contributed by atoms with Crippen LogP contribution in [-0.2, 0) is 4.79 Å². The fraction of sp³-hybridized carbons (Fsp3) is 0.0952. The van der Waals surface area contributed by atoms with Crippen molar-refractivity contribution < 1.29 is 9.90 Å². The van der Waals surface area contributed by atoms with Gasteiger partial charge in [-0.05, 0) is 61.0 Å². The third-order valence-electron chi connectivity index (χ3n) is 4.61. The fourth-order valence-electron chi connectivity index (χ4n) is 3.11. The third kappa shape index (κ3) is 3.00. The van der Waals surface area contributed by atoms with E-state index in [1.807, 2.05) is 43.3 Å². The van der Waals surface area contributed by atoms with Crippen LogP contribution < -0.4 is 5.32 Å². The first kappa shape index (κ1) is 16.5. The lowest BCUT2D eigenvalue weighted by Crippen LogP contribution is -2.18. The topological polar surface area (TPSA) is 65.1 Å². The van der Waals surface area contributed by atoms with E-state index in [9.17, 15) is 9.90 Å². The van der Waals surface area contributed by atoms with Crippen LogP contribution in [0.5, 0.6) is 5.75 Å². The summed E-state index contributed by atoms with van der Waals surface area (Å²) in [7, 11) is 0. The van der Waals surface area contributed by atoms with Gasteiger partial charge >= 0.3 is 0 Å². The Kier molecular flexibility index (Phi) is 4.05. The van der Waals surface area contributed by atoms with Gasteiger partial charge in [-0.1, -0.05) is 23.7 Å². The van der Waals surface area contributed by atoms with Crippen molar-refractivity contribution in [2.75, 3.05) is 5.32 Å². The maximum atomic E-state index is 12.5. The molecule has 3 N–H and O–H groups in total. The highest BCUT2D eigenvalue weighted by Crippen LogP contribution is 2.30. The average molecular weight is 365 g/mol. The van der Waals surface area contributed by atoms with E-state index in [1.54, 1.807) is 24.3 Å². The van der Waals surface area contributed by atoms with Gasteiger partial charge in [0.25, 0.3) is 0 Å². The van der Waals surface area contributed by atoms with Crippen LogP contribution in [0.4, 0.5) is 5.69 Å². The van der Waals surface area contributed by atoms with Crippen molar-refractivity contribution in [3.63, 3.8) is 0 Å². The SMILES string of the molecule is C[C@H](C(=O)Nc1ccc(O)cc1)c1ccc2c(c1)[nH]c1ccc(Cl)cc12. The molecule has 0 unspecified atom stereocenters. The van der Waals surface area contributed by atoms with Gasteiger partial charge in [0.15, 0.2) is 0 Å². The first-order chi connectivity index (χ1) is 12.5. The normalized spacial score (nSPS) is 12.4. The Labute approximate surface area is 155 Å². The number of aromatic nitrogens is 1. The van der Waals surface area contributed by atoms with E-state index >= 15 is 0 Å². The van der Waals surface area contributed by atoms with Crippen LogP contribution in [0, 0.1) is 0 Å². The molecular formula is C21H17ClN2O2. The molecule has 0 aliphatic heterocycles. The number of phenolic OH excluding ortho intramolecular Hbond substituents is 1. The summed E-state index contributed by atoms with van der Waals surface area (Å²) in [6.07, 6.45) is 0. The molecule has 26 heavy (non-hydrogen) atoms. The number of amides is 1. The van der Waals surface area contributed by atoms with Crippen molar-refractivity contribution in [1.29, 1.82) is 0 Å². The Hall–Kier alpha value is -2.98. The van der Waals surface area contributed by atoms with Crippen molar-refractivity contribution in [2.45, 2.75) is 12.8 Å². The molecule has 0 aliphatic carbocycles. The number of halogens is 1. The molecule has 0 bridgehead atoms. The van der Waals surface area contributed by atoms with Crippen LogP contribution in [-0.4, -0.2) is 16.0 Å². The second kappa shape index (κ2) is 6.39. The van der Waals surface area contributed by atoms with Crippen molar-refractivity contribution >= 4 is 45.0 Å². The molecule has 0 saturated heterocycles. The van der Waals surface area contributed by atoms with Gasteiger partial charge < -0.3 is 15.4 Å². The van der Waals surface area contributed by atoms with E-state index in [2.05, 4.69) is 10.3 Å². The monoisotopic (exact) mass is 364 g/mol. The number of aromatic hydroxyl groups is 1. The minimum Gasteiger partial charge on any atom is -0.508 e. The molecule has 3 aromatic carbocycles. The smallest absolute Gasteiger partial charge is 0.231 e. The van der Waals surface area contributed by atoms with Gasteiger partial charge in [0, 0.05) is 32.5 Å². The molecule has 1 atom stereocenters. The number of anilines is 1. The molecule has 4 aromatic rings. The molecule has 0 aliphatic rings. The van der Waals surface area contributed by atoms with Gasteiger partial charge in [0.2, 0.25) is 5.91 Å². The minimum absolute atomic E-state index is 0.103. The molecule has 4 nitrogen and oxygen atoms in total. The summed E-state index contributed by atoms with van der Waals surface area (Å²) in [4.78, 5) is 15.9. The molecule has 1 heterocycles. The summed E-state index contributed by atoms with van der Waals surface area (Å²) >= 11 is 6.10. The highest BCUT2D eigenvalue weighted by atomic mass is 35.5. The number of hydrogen-bond acceptors (Lipinski definition) is 2. The molecule has 5 heteroatoms. The summed E-state index contributed by atoms with van der Waals surface area (Å²) < 4.78 is 0. The number of carbonyl (C=O) groups excluding carboxylic acids is 1. The van der Waals surface area contributed by atoms with Crippen LogP contribution in [0.25, 0.3) is 21.8 Å². The maximum Gasteiger partial charge on any atom is 0.231 e. The van der Waals surface area contributed by atoms with Crippen LogP contribution >= 0.6 is 11.6 Å². The quantitative estimate of drug-likeness (QED) is 0.425. The maximum absolute atomic E-state index is 12.5. The van der Waals surface area contributed by atoms with E-state index in [-0.39, 0.29) is 17.6 Å². The molecule has 130 valence electrons. The second-order valence-electron chi connectivity index (χ2n) is 6.38. The summed E-state index contributed by atoms with van der Waals surface area (Å²) in [6.45, 7) is 1.87. The minimum atomic E-state index is -0.316. The number of fused-ring (bicyclic) bond motifs is 3. The van der Waals surface area contributed by atoms with Crippen molar-refractivity contribution in [3.05, 3.63) is 71.2 Å². The summed E-state index contributed by atoms with van der Waals surface area (Å²) in [5, 5.41) is 15.1. The Morgan fingerprint density at radius 3 is 2.54 bits per heavy atom. The highest BCUT2D eigenvalue weighted by molar-refractivity contribution is 6.31. The highest BCUT2D eigenvalue weighted by Gasteiger charge is 2.17. The number of carbonyl (C=O) groups is 1. The summed E-state index contributed by atoms with van der Waals surface area (Å²) in [5.74, 6) is -0.252. The molecule has 1 aromatic heterocycles. The van der Waals surface area contributed by atoms with Crippen LogP contribution in [0.2, 0.25) is 5.02 Å². The number of rotatable bonds is 3. The van der Waals surface area contributed by atoms with Crippen LogP contribution in [0.1, 0.15) is 18.4 Å². The second-order valence-corrected chi connectivity index (χ2v) is 6.81. The van der Waals surface area contributed by atoms with Gasteiger partial charge in [0.05, 0.1) is 5.92 Å². The predicted octanol–water partition coefficient (Wildman–Crippen LogP) is 5.42. The number of phenols is 1. The number of H-pyrrole nitrogens is 1. The molecule has 0 spiro atoms. The Morgan fingerprint density at radius 2 is 1.77 bits per heavy atom. The third-order valence-corrected chi connectivity index (χ3v) is 4.85. The Morgan fingerprint density at radius 1 is 1.00 bits per heavy atom. The van der Waals surface area contributed by atoms with Crippen molar-refractivity contribution in [1.82, 2.24) is 4.98 Å². The zero-order chi connectivity index (χ0) is 18.3. The molecular weight excluding hydrogens is 348 g/mol. The van der Waals surface area contributed by atoms with Crippen LogP contribution in [0.3, 0.4) is 0 Å². The zero-order valence-electron chi connectivity index (χ0n) is 14.1. The Bertz CT molecular complexity index is 1120. The van der Waals surface area contributed by atoms with Crippen molar-refractivity contribution in [3.8, 4) is 5.75 Å². The van der Waals surface area contributed by atoms with Gasteiger partial charge in [-0.3, -0.25) is 4.79 Å². The molecule has 0 radical (unpaired) electrons. The van der Waals surface area contributed by atoms with E-state index in [1.165, 1.54) is 0 Å². The van der Waals surface area contributed by atoms with Gasteiger partial charge in [-0.2, -0.15) is 0 Å². The standard InChI is InChI=1S/C21H17ClN2O2/c1-12(21(26)23-15-4-6-16(25)7-5-15)13-2-8-17-18-11-14(22)3-9-19(18)24-20(17)10-13/h2-12,24-25H,1H3,(H,23,26)/t12-/m0/s1. The lowest BCUT2D eigenvalue weighted by Gasteiger charge is -2.13. The van der Waals surface area contributed by atoms with E-state index < -0.39 is 0 Å². The van der Waals surface area contributed by atoms with E-state index in [0.29, 0.717) is 10.7 Å². The predicted molar refractivity (Wildman–Crippen MR) is 106 cm³/mol. The number of aromatic amines is 1. The lowest BCUT2D eigenvalue weighted by atomic mass is 9.98. The Balaban J connectivity index is 1.63. The zero-order valence-corrected chi connectivity index (χ0v) is 14.8. The van der Waals surface area contributed by atoms with Gasteiger partial charge in [0.1, 0.15) is 5.75 Å². The van der Waals surface area contributed by atoms with Crippen molar-refractivity contribution in [2.24, 2.45) is 0 Å². The number of nitrogens with one attached hydrogen (secondary N) is 2. The molecule has 1 amide bonds. The number of benzene rings is 3. The van der Waals surface area contributed by atoms with E-state index in [0.717, 1.165) is 27.4 Å². The first-order valence-electron chi connectivity index (χ1n) is 8.32. The van der Waals surface area contributed by atoms with Crippen LogP contribution in [0.15, 0.2) is 60.7 Å². The first-order valence-corrected chi connectivity index (χ1v) is 8.70. The largest absolute Gasteiger partial charge is 0.508 e. The molecule has 4 rings (SSSR count). The van der Waals surface area contributed by atoms with E-state index in [4.69, 9.17) is 11.6 Å². The number of hydrogen-bond donors (Lipinski definition) is 3.